The third kappa shape index (κ3) is 5.28. The second-order valence-electron chi connectivity index (χ2n) is 8.02. The number of benzene rings is 4. The van der Waals surface area contributed by atoms with E-state index in [0.29, 0.717) is 10.8 Å². The smallest absolute Gasteiger partial charge is 0.496 e. The van der Waals surface area contributed by atoms with Gasteiger partial charge in [-0.1, -0.05) is 24.3 Å². The van der Waals surface area contributed by atoms with Gasteiger partial charge in [0.05, 0.1) is 14.2 Å². The van der Waals surface area contributed by atoms with Crippen molar-refractivity contribution in [2.75, 3.05) is 14.2 Å². The van der Waals surface area contributed by atoms with Crippen molar-refractivity contribution in [1.82, 2.24) is 0 Å². The molecular formula is C24H16F6O8S2. The van der Waals surface area contributed by atoms with E-state index in [0.717, 1.165) is 24.3 Å². The van der Waals surface area contributed by atoms with E-state index in [4.69, 9.17) is 9.47 Å². The van der Waals surface area contributed by atoms with Crippen molar-refractivity contribution >= 4 is 41.8 Å². The second-order valence-corrected chi connectivity index (χ2v) is 11.1. The van der Waals surface area contributed by atoms with Gasteiger partial charge >= 0.3 is 31.3 Å². The van der Waals surface area contributed by atoms with Crippen molar-refractivity contribution < 1.29 is 61.0 Å². The molecule has 0 aliphatic rings. The summed E-state index contributed by atoms with van der Waals surface area (Å²) in [5.41, 5.74) is -11.2. The van der Waals surface area contributed by atoms with Crippen molar-refractivity contribution in [3.63, 3.8) is 0 Å². The zero-order chi connectivity index (χ0) is 29.7. The second kappa shape index (κ2) is 9.92. The average Bonchev–Trinajstić information content (AvgIpc) is 2.85. The van der Waals surface area contributed by atoms with Crippen molar-refractivity contribution in [2.24, 2.45) is 0 Å². The maximum Gasteiger partial charge on any atom is 0.534 e. The van der Waals surface area contributed by atoms with E-state index >= 15 is 0 Å². The summed E-state index contributed by atoms with van der Waals surface area (Å²) >= 11 is 0. The molecule has 0 unspecified atom stereocenters. The van der Waals surface area contributed by atoms with Gasteiger partial charge in [-0.15, -0.1) is 0 Å². The van der Waals surface area contributed by atoms with Gasteiger partial charge in [0.2, 0.25) is 0 Å². The molecule has 0 N–H and O–H groups in total. The first-order valence-corrected chi connectivity index (χ1v) is 13.5. The lowest BCUT2D eigenvalue weighted by Gasteiger charge is -2.19. The van der Waals surface area contributed by atoms with E-state index in [2.05, 4.69) is 8.37 Å². The number of halogens is 6. The highest BCUT2D eigenvalue weighted by Crippen LogP contribution is 2.47. The van der Waals surface area contributed by atoms with Crippen LogP contribution in [0.15, 0.2) is 60.7 Å². The van der Waals surface area contributed by atoms with E-state index in [1.165, 1.54) is 50.6 Å². The van der Waals surface area contributed by atoms with Crippen LogP contribution in [-0.2, 0) is 20.2 Å². The summed E-state index contributed by atoms with van der Waals surface area (Å²) in [5.74, 6) is -1.19. The molecular weight excluding hydrogens is 594 g/mol. The molecule has 0 heterocycles. The van der Waals surface area contributed by atoms with Crippen LogP contribution in [0.4, 0.5) is 26.3 Å². The van der Waals surface area contributed by atoms with Gasteiger partial charge in [0.1, 0.15) is 23.0 Å². The topological polar surface area (TPSA) is 105 Å². The number of hydrogen-bond donors (Lipinski definition) is 0. The standard InChI is InChI=1S/C24H16F6O8S2/c1-35-19-9-5-13-3-7-15(37-39(31,32)23(25,26)27)11-17(13)21(19)22-18-12-16(38-40(33,34)24(28,29)30)8-4-14(18)6-10-20(22)36-2/h3-12H,1-2H3. The van der Waals surface area contributed by atoms with Crippen LogP contribution in [0.5, 0.6) is 23.0 Å². The van der Waals surface area contributed by atoms with Crippen LogP contribution in [0.2, 0.25) is 0 Å². The zero-order valence-corrected chi connectivity index (χ0v) is 21.8. The Kier molecular flexibility index (Phi) is 7.21. The first kappa shape index (κ1) is 29.1. The van der Waals surface area contributed by atoms with Crippen LogP contribution in [0, 0.1) is 0 Å². The van der Waals surface area contributed by atoms with Gasteiger partial charge in [0.25, 0.3) is 0 Å². The zero-order valence-electron chi connectivity index (χ0n) is 20.1. The highest BCUT2D eigenvalue weighted by molar-refractivity contribution is 7.88. The molecule has 0 bridgehead atoms. The number of methoxy groups -OCH3 is 2. The predicted molar refractivity (Wildman–Crippen MR) is 131 cm³/mol. The van der Waals surface area contributed by atoms with Crippen LogP contribution >= 0.6 is 0 Å². The average molecular weight is 611 g/mol. The molecule has 0 saturated carbocycles. The molecule has 0 radical (unpaired) electrons. The van der Waals surface area contributed by atoms with Gasteiger partial charge in [0.15, 0.2) is 0 Å². The summed E-state index contributed by atoms with van der Waals surface area (Å²) in [4.78, 5) is 0. The Morgan fingerprint density at radius 2 is 0.875 bits per heavy atom. The first-order valence-electron chi connectivity index (χ1n) is 10.7. The summed E-state index contributed by atoms with van der Waals surface area (Å²) in [6.45, 7) is 0. The largest absolute Gasteiger partial charge is 0.534 e. The molecule has 0 atom stereocenters. The van der Waals surface area contributed by atoms with Gasteiger partial charge in [-0.3, -0.25) is 0 Å². The molecule has 4 aromatic carbocycles. The SMILES string of the molecule is COc1ccc2ccc(OS(=O)(=O)C(F)(F)F)cc2c1-c1c(OC)ccc2ccc(OS(=O)(=O)C(F)(F)F)cc12. The molecule has 4 aromatic rings. The minimum atomic E-state index is -6.02. The van der Waals surface area contributed by atoms with Crippen LogP contribution in [0.25, 0.3) is 32.7 Å². The predicted octanol–water partition coefficient (Wildman–Crippen LogP) is 6.13. The number of hydrogen-bond acceptors (Lipinski definition) is 8. The van der Waals surface area contributed by atoms with Crippen LogP contribution < -0.4 is 17.8 Å². The lowest BCUT2D eigenvalue weighted by molar-refractivity contribution is -0.0504. The van der Waals surface area contributed by atoms with Crippen molar-refractivity contribution in [3.8, 4) is 34.1 Å². The van der Waals surface area contributed by atoms with E-state index < -0.39 is 42.8 Å². The Hall–Kier alpha value is -3.92. The first-order chi connectivity index (χ1) is 18.5. The molecule has 214 valence electrons. The van der Waals surface area contributed by atoms with Crippen molar-refractivity contribution in [3.05, 3.63) is 60.7 Å². The lowest BCUT2D eigenvalue weighted by Crippen LogP contribution is -2.28. The van der Waals surface area contributed by atoms with Gasteiger partial charge in [-0.2, -0.15) is 43.2 Å². The van der Waals surface area contributed by atoms with E-state index in [9.17, 15) is 43.2 Å². The summed E-state index contributed by atoms with van der Waals surface area (Å²) < 4.78 is 143. The molecule has 4 rings (SSSR count). The minimum Gasteiger partial charge on any atom is -0.496 e. The van der Waals surface area contributed by atoms with Crippen molar-refractivity contribution in [2.45, 2.75) is 11.0 Å². The molecule has 8 nitrogen and oxygen atoms in total. The molecule has 0 aliphatic carbocycles. The summed E-state index contributed by atoms with van der Waals surface area (Å²) in [6.07, 6.45) is 0. The Balaban J connectivity index is 2.03. The lowest BCUT2D eigenvalue weighted by atomic mass is 9.92. The molecule has 0 aliphatic heterocycles. The highest BCUT2D eigenvalue weighted by atomic mass is 32.2. The van der Waals surface area contributed by atoms with E-state index in [1.54, 1.807) is 0 Å². The fourth-order valence-corrected chi connectivity index (χ4v) is 4.77. The van der Waals surface area contributed by atoms with Gasteiger partial charge < -0.3 is 17.8 Å². The summed E-state index contributed by atoms with van der Waals surface area (Å²) in [6, 6.07) is 12.6. The molecule has 0 fully saturated rings. The van der Waals surface area contributed by atoms with E-state index in [-0.39, 0.29) is 33.4 Å². The third-order valence-corrected chi connectivity index (χ3v) is 7.54. The quantitative estimate of drug-likeness (QED) is 0.140. The number of rotatable bonds is 7. The van der Waals surface area contributed by atoms with Gasteiger partial charge in [-0.05, 0) is 57.9 Å². The van der Waals surface area contributed by atoms with Crippen LogP contribution in [0.3, 0.4) is 0 Å². The highest BCUT2D eigenvalue weighted by Gasteiger charge is 2.49. The molecule has 0 aromatic heterocycles. The Labute approximate surface area is 222 Å². The third-order valence-electron chi connectivity index (χ3n) is 5.58. The minimum absolute atomic E-state index is 0.100. The van der Waals surface area contributed by atoms with Gasteiger partial charge in [-0.25, -0.2) is 0 Å². The molecule has 0 saturated heterocycles. The molecule has 0 amide bonds. The fourth-order valence-electron chi connectivity index (χ4n) is 3.86. The monoisotopic (exact) mass is 610 g/mol. The normalized spacial score (nSPS) is 12.9. The molecule has 40 heavy (non-hydrogen) atoms. The van der Waals surface area contributed by atoms with Gasteiger partial charge in [0, 0.05) is 11.1 Å². The number of alkyl halides is 6. The Bertz CT molecular complexity index is 1700. The van der Waals surface area contributed by atoms with E-state index in [1.807, 2.05) is 0 Å². The van der Waals surface area contributed by atoms with Crippen LogP contribution in [0.1, 0.15) is 0 Å². The summed E-state index contributed by atoms with van der Waals surface area (Å²) in [5, 5.41) is 0.959. The summed E-state index contributed by atoms with van der Waals surface area (Å²) in [7, 11) is -9.50. The number of fused-ring (bicyclic) bond motifs is 2. The Morgan fingerprint density at radius 3 is 1.18 bits per heavy atom. The molecule has 16 heteroatoms. The Morgan fingerprint density at radius 1 is 0.550 bits per heavy atom. The molecule has 0 spiro atoms. The maximum atomic E-state index is 12.9. The maximum absolute atomic E-state index is 12.9. The van der Waals surface area contributed by atoms with Crippen LogP contribution in [-0.4, -0.2) is 42.1 Å². The fraction of sp³-hybridized carbons (Fsp3) is 0.167. The number of ether oxygens (including phenoxy) is 2. The van der Waals surface area contributed by atoms with Crippen molar-refractivity contribution in [1.29, 1.82) is 0 Å².